The van der Waals surface area contributed by atoms with E-state index in [9.17, 15) is 4.79 Å². The molecule has 0 aromatic heterocycles. The third kappa shape index (κ3) is 4.06. The van der Waals surface area contributed by atoms with E-state index in [4.69, 9.17) is 0 Å². The molecule has 0 fully saturated rings. The molecule has 1 aromatic rings. The zero-order valence-corrected chi connectivity index (χ0v) is 12.1. The minimum atomic E-state index is -0.138. The summed E-state index contributed by atoms with van der Waals surface area (Å²) in [5.41, 5.74) is 3.31. The zero-order chi connectivity index (χ0) is 13.8. The van der Waals surface area contributed by atoms with Crippen LogP contribution < -0.4 is 10.6 Å². The van der Waals surface area contributed by atoms with Gasteiger partial charge >= 0.3 is 0 Å². The third-order valence-corrected chi connectivity index (χ3v) is 3.41. The maximum absolute atomic E-state index is 11.8. The average Bonchev–Trinajstić information content (AvgIpc) is 2.30. The van der Waals surface area contributed by atoms with E-state index in [0.717, 1.165) is 12.1 Å². The molecule has 0 heterocycles. The van der Waals surface area contributed by atoms with Crippen molar-refractivity contribution in [1.82, 2.24) is 5.32 Å². The largest absolute Gasteiger partial charge is 0.376 e. The number of hydrogen-bond donors (Lipinski definition) is 2. The van der Waals surface area contributed by atoms with Crippen molar-refractivity contribution >= 4 is 11.6 Å². The van der Waals surface area contributed by atoms with Crippen LogP contribution in [0, 0.1) is 13.8 Å². The van der Waals surface area contributed by atoms with Crippen molar-refractivity contribution in [3.63, 3.8) is 0 Å². The molecule has 1 amide bonds. The Hall–Kier alpha value is -1.51. The summed E-state index contributed by atoms with van der Waals surface area (Å²) in [5, 5.41) is 6.20. The summed E-state index contributed by atoms with van der Waals surface area (Å²) in [7, 11) is 0. The highest BCUT2D eigenvalue weighted by Gasteiger charge is 2.17. The molecule has 0 aliphatic carbocycles. The second-order valence-corrected chi connectivity index (χ2v) is 5.39. The first-order chi connectivity index (χ1) is 8.35. The van der Waals surface area contributed by atoms with E-state index in [1.54, 1.807) is 0 Å². The molecular weight excluding hydrogens is 224 g/mol. The molecular formula is C15H24N2O. The van der Waals surface area contributed by atoms with E-state index in [1.165, 1.54) is 11.1 Å². The molecule has 3 heteroatoms. The van der Waals surface area contributed by atoms with E-state index in [1.807, 2.05) is 26.0 Å². The maximum Gasteiger partial charge on any atom is 0.239 e. The van der Waals surface area contributed by atoms with Gasteiger partial charge < -0.3 is 10.6 Å². The highest BCUT2D eigenvalue weighted by Crippen LogP contribution is 2.17. The fourth-order valence-electron chi connectivity index (χ4n) is 1.63. The predicted molar refractivity (Wildman–Crippen MR) is 76.9 cm³/mol. The molecule has 1 aromatic carbocycles. The number of benzene rings is 1. The Kier molecular flexibility index (Phi) is 4.76. The van der Waals surface area contributed by atoms with Crippen molar-refractivity contribution in [2.45, 2.75) is 46.6 Å². The van der Waals surface area contributed by atoms with Gasteiger partial charge in [0.1, 0.15) is 0 Å². The van der Waals surface area contributed by atoms with Gasteiger partial charge in [-0.1, -0.05) is 19.1 Å². The number of nitrogens with one attached hydrogen (secondary N) is 2. The summed E-state index contributed by atoms with van der Waals surface area (Å²) in [6, 6.07) is 6.07. The van der Waals surface area contributed by atoms with Crippen LogP contribution >= 0.6 is 0 Å². The van der Waals surface area contributed by atoms with Crippen LogP contribution in [0.1, 0.15) is 38.3 Å². The van der Waals surface area contributed by atoms with Gasteiger partial charge in [0, 0.05) is 11.2 Å². The summed E-state index contributed by atoms with van der Waals surface area (Å²) in [5.74, 6) is 0.0303. The van der Waals surface area contributed by atoms with Crippen molar-refractivity contribution in [2.24, 2.45) is 0 Å². The number of carbonyl (C=O) groups excluding carboxylic acids is 1. The number of carbonyl (C=O) groups is 1. The quantitative estimate of drug-likeness (QED) is 0.841. The van der Waals surface area contributed by atoms with Crippen molar-refractivity contribution in [1.29, 1.82) is 0 Å². The lowest BCUT2D eigenvalue weighted by Gasteiger charge is -2.24. The summed E-state index contributed by atoms with van der Waals surface area (Å²) < 4.78 is 0. The first kappa shape index (κ1) is 14.6. The molecule has 0 aliphatic heterocycles. The zero-order valence-electron chi connectivity index (χ0n) is 12.1. The number of anilines is 1. The first-order valence-corrected chi connectivity index (χ1v) is 6.47. The molecule has 0 saturated heterocycles. The van der Waals surface area contributed by atoms with Gasteiger partial charge in [-0.05, 0) is 51.3 Å². The van der Waals surface area contributed by atoms with E-state index >= 15 is 0 Å². The van der Waals surface area contributed by atoms with Crippen molar-refractivity contribution in [3.8, 4) is 0 Å². The first-order valence-electron chi connectivity index (χ1n) is 6.47. The van der Waals surface area contributed by atoms with Gasteiger partial charge in [0.2, 0.25) is 5.91 Å². The van der Waals surface area contributed by atoms with Crippen LogP contribution in [0.15, 0.2) is 18.2 Å². The minimum absolute atomic E-state index is 0.0303. The second kappa shape index (κ2) is 5.89. The Bertz CT molecular complexity index is 425. The van der Waals surface area contributed by atoms with E-state index < -0.39 is 0 Å². The van der Waals surface area contributed by atoms with Gasteiger partial charge in [0.05, 0.1) is 6.54 Å². The molecule has 3 nitrogen and oxygen atoms in total. The van der Waals surface area contributed by atoms with Crippen LogP contribution in [0.4, 0.5) is 5.69 Å². The topological polar surface area (TPSA) is 41.1 Å². The van der Waals surface area contributed by atoms with Gasteiger partial charge in [0.25, 0.3) is 0 Å². The molecule has 0 aliphatic rings. The number of hydrogen-bond acceptors (Lipinski definition) is 2. The standard InChI is InChI=1S/C15H24N2O/c1-6-15(4,5)17-14(18)10-16-13-9-7-8-11(2)12(13)3/h7-9,16H,6,10H2,1-5H3,(H,17,18). The third-order valence-electron chi connectivity index (χ3n) is 3.41. The van der Waals surface area contributed by atoms with Gasteiger partial charge in [-0.15, -0.1) is 0 Å². The molecule has 0 saturated carbocycles. The van der Waals surface area contributed by atoms with Crippen LogP contribution in [-0.4, -0.2) is 18.0 Å². The summed E-state index contributed by atoms with van der Waals surface area (Å²) >= 11 is 0. The van der Waals surface area contributed by atoms with Gasteiger partial charge in [-0.25, -0.2) is 0 Å². The molecule has 18 heavy (non-hydrogen) atoms. The smallest absolute Gasteiger partial charge is 0.239 e. The van der Waals surface area contributed by atoms with Crippen molar-refractivity contribution < 1.29 is 4.79 Å². The van der Waals surface area contributed by atoms with Crippen molar-refractivity contribution in [2.75, 3.05) is 11.9 Å². The number of aryl methyl sites for hydroxylation is 1. The highest BCUT2D eigenvalue weighted by atomic mass is 16.2. The Morgan fingerprint density at radius 3 is 2.56 bits per heavy atom. The summed E-state index contributed by atoms with van der Waals surface area (Å²) in [6.45, 7) is 10.6. The average molecular weight is 248 g/mol. The molecule has 0 unspecified atom stereocenters. The molecule has 0 radical (unpaired) electrons. The maximum atomic E-state index is 11.8. The molecule has 0 bridgehead atoms. The number of rotatable bonds is 5. The molecule has 1 rings (SSSR count). The van der Waals surface area contributed by atoms with Gasteiger partial charge in [-0.2, -0.15) is 0 Å². The SMILES string of the molecule is CCC(C)(C)NC(=O)CNc1cccc(C)c1C. The Morgan fingerprint density at radius 1 is 1.28 bits per heavy atom. The van der Waals surface area contributed by atoms with Gasteiger partial charge in [-0.3, -0.25) is 4.79 Å². The van der Waals surface area contributed by atoms with E-state index in [-0.39, 0.29) is 11.4 Å². The molecule has 0 atom stereocenters. The lowest BCUT2D eigenvalue weighted by molar-refractivity contribution is -0.121. The Balaban J connectivity index is 2.56. The number of amides is 1. The normalized spacial score (nSPS) is 11.2. The lowest BCUT2D eigenvalue weighted by Crippen LogP contribution is -2.45. The van der Waals surface area contributed by atoms with Crippen LogP contribution in [0.25, 0.3) is 0 Å². The highest BCUT2D eigenvalue weighted by molar-refractivity contribution is 5.81. The van der Waals surface area contributed by atoms with Crippen LogP contribution in [0.3, 0.4) is 0 Å². The second-order valence-electron chi connectivity index (χ2n) is 5.39. The summed E-state index contributed by atoms with van der Waals surface area (Å²) in [6.07, 6.45) is 0.919. The predicted octanol–water partition coefficient (Wildman–Crippen LogP) is 3.02. The van der Waals surface area contributed by atoms with E-state index in [2.05, 4.69) is 37.5 Å². The molecule has 2 N–H and O–H groups in total. The van der Waals surface area contributed by atoms with Crippen LogP contribution in [0.2, 0.25) is 0 Å². The fourth-order valence-corrected chi connectivity index (χ4v) is 1.63. The lowest BCUT2D eigenvalue weighted by atomic mass is 10.0. The van der Waals surface area contributed by atoms with E-state index in [0.29, 0.717) is 6.54 Å². The Labute approximate surface area is 110 Å². The van der Waals surface area contributed by atoms with Crippen molar-refractivity contribution in [3.05, 3.63) is 29.3 Å². The van der Waals surface area contributed by atoms with Crippen LogP contribution in [0.5, 0.6) is 0 Å². The summed E-state index contributed by atoms with van der Waals surface area (Å²) in [4.78, 5) is 11.8. The monoisotopic (exact) mass is 248 g/mol. The Morgan fingerprint density at radius 2 is 1.94 bits per heavy atom. The molecule has 100 valence electrons. The fraction of sp³-hybridized carbons (Fsp3) is 0.533. The minimum Gasteiger partial charge on any atom is -0.376 e. The van der Waals surface area contributed by atoms with Crippen LogP contribution in [-0.2, 0) is 4.79 Å². The van der Waals surface area contributed by atoms with Gasteiger partial charge in [0.15, 0.2) is 0 Å². The molecule has 0 spiro atoms.